The number of rotatable bonds is 6. The Bertz CT molecular complexity index is 785. The number of hydrogen-bond donors (Lipinski definition) is 0. The molecule has 26 heavy (non-hydrogen) atoms. The van der Waals surface area contributed by atoms with Crippen molar-refractivity contribution in [1.82, 2.24) is 0 Å². The van der Waals surface area contributed by atoms with Gasteiger partial charge in [0.25, 0.3) is 0 Å². The standard InChI is InChI=1S/C21H23NO4/c1-25-19-5-3-4-16(12-19)7-6-15-8-10-18(11-9-15)22-14-17(13-20(22)23)21(24)26-2/h3-5,8-12,17H,6-7,13-14H2,1-2H3. The minimum absolute atomic E-state index is 0.0375. The van der Waals surface area contributed by atoms with E-state index in [0.717, 1.165) is 24.3 Å². The first-order valence-electron chi connectivity index (χ1n) is 8.71. The zero-order valence-corrected chi connectivity index (χ0v) is 15.1. The first kappa shape index (κ1) is 18.0. The van der Waals surface area contributed by atoms with Crippen LogP contribution in [0.3, 0.4) is 0 Å². The van der Waals surface area contributed by atoms with Gasteiger partial charge in [0.05, 0.1) is 20.1 Å². The molecular weight excluding hydrogens is 330 g/mol. The minimum Gasteiger partial charge on any atom is -0.497 e. The van der Waals surface area contributed by atoms with E-state index in [1.165, 1.54) is 18.2 Å². The molecule has 1 fully saturated rings. The molecule has 3 rings (SSSR count). The molecule has 1 aliphatic heterocycles. The Morgan fingerprint density at radius 1 is 1.08 bits per heavy atom. The molecule has 1 atom stereocenters. The van der Waals surface area contributed by atoms with Crippen molar-refractivity contribution in [2.24, 2.45) is 5.92 Å². The maximum atomic E-state index is 12.2. The normalized spacial score (nSPS) is 16.6. The van der Waals surface area contributed by atoms with E-state index in [0.29, 0.717) is 6.54 Å². The Kier molecular flexibility index (Phi) is 5.56. The summed E-state index contributed by atoms with van der Waals surface area (Å²) in [7, 11) is 3.02. The van der Waals surface area contributed by atoms with E-state index in [-0.39, 0.29) is 24.2 Å². The van der Waals surface area contributed by atoms with E-state index in [4.69, 9.17) is 9.47 Å². The fourth-order valence-corrected chi connectivity index (χ4v) is 3.24. The Balaban J connectivity index is 1.61. The number of anilines is 1. The first-order valence-corrected chi connectivity index (χ1v) is 8.71. The number of ether oxygens (including phenoxy) is 2. The van der Waals surface area contributed by atoms with Crippen LogP contribution in [0.25, 0.3) is 0 Å². The van der Waals surface area contributed by atoms with Crippen LogP contribution >= 0.6 is 0 Å². The molecule has 1 heterocycles. The molecular formula is C21H23NO4. The fourth-order valence-electron chi connectivity index (χ4n) is 3.24. The maximum Gasteiger partial charge on any atom is 0.311 e. The lowest BCUT2D eigenvalue weighted by atomic mass is 10.0. The molecule has 0 radical (unpaired) electrons. The first-order chi connectivity index (χ1) is 12.6. The van der Waals surface area contributed by atoms with Gasteiger partial charge in [-0.1, -0.05) is 24.3 Å². The number of aryl methyl sites for hydroxylation is 2. The van der Waals surface area contributed by atoms with Crippen LogP contribution in [0.4, 0.5) is 5.69 Å². The van der Waals surface area contributed by atoms with E-state index in [1.54, 1.807) is 12.0 Å². The summed E-state index contributed by atoms with van der Waals surface area (Å²) in [4.78, 5) is 25.5. The van der Waals surface area contributed by atoms with Crippen LogP contribution in [-0.2, 0) is 27.2 Å². The van der Waals surface area contributed by atoms with Gasteiger partial charge < -0.3 is 14.4 Å². The van der Waals surface area contributed by atoms with E-state index >= 15 is 0 Å². The number of amides is 1. The third-order valence-electron chi connectivity index (χ3n) is 4.74. The molecule has 1 saturated heterocycles. The molecule has 2 aromatic carbocycles. The summed E-state index contributed by atoms with van der Waals surface area (Å²) in [5.41, 5.74) is 3.25. The summed E-state index contributed by atoms with van der Waals surface area (Å²) in [6.45, 7) is 0.384. The molecule has 136 valence electrons. The summed E-state index contributed by atoms with van der Waals surface area (Å²) in [6.07, 6.45) is 2.04. The number of nitrogens with zero attached hydrogens (tertiary/aromatic N) is 1. The van der Waals surface area contributed by atoms with E-state index in [2.05, 4.69) is 6.07 Å². The van der Waals surface area contributed by atoms with Crippen LogP contribution in [0, 0.1) is 5.92 Å². The lowest BCUT2D eigenvalue weighted by molar-refractivity contribution is -0.145. The number of esters is 1. The highest BCUT2D eigenvalue weighted by molar-refractivity contribution is 5.99. The van der Waals surface area contributed by atoms with Crippen molar-refractivity contribution >= 4 is 17.6 Å². The van der Waals surface area contributed by atoms with Crippen molar-refractivity contribution in [2.75, 3.05) is 25.7 Å². The molecule has 1 unspecified atom stereocenters. The van der Waals surface area contributed by atoms with Gasteiger partial charge in [-0.3, -0.25) is 9.59 Å². The van der Waals surface area contributed by atoms with Gasteiger partial charge in [0.2, 0.25) is 5.91 Å². The van der Waals surface area contributed by atoms with Crippen molar-refractivity contribution in [3.05, 3.63) is 59.7 Å². The topological polar surface area (TPSA) is 55.8 Å². The zero-order chi connectivity index (χ0) is 18.5. The predicted molar refractivity (Wildman–Crippen MR) is 99.3 cm³/mol. The second kappa shape index (κ2) is 8.04. The van der Waals surface area contributed by atoms with Crippen LogP contribution in [0.1, 0.15) is 17.5 Å². The van der Waals surface area contributed by atoms with Crippen molar-refractivity contribution in [3.8, 4) is 5.75 Å². The van der Waals surface area contributed by atoms with Crippen LogP contribution in [-0.4, -0.2) is 32.6 Å². The average molecular weight is 353 g/mol. The van der Waals surface area contributed by atoms with Gasteiger partial charge in [0, 0.05) is 18.7 Å². The van der Waals surface area contributed by atoms with Crippen LogP contribution in [0.5, 0.6) is 5.75 Å². The van der Waals surface area contributed by atoms with E-state index in [1.807, 2.05) is 42.5 Å². The molecule has 0 N–H and O–H groups in total. The van der Waals surface area contributed by atoms with Gasteiger partial charge in [0.15, 0.2) is 0 Å². The van der Waals surface area contributed by atoms with Gasteiger partial charge in [-0.15, -0.1) is 0 Å². The number of benzene rings is 2. The van der Waals surface area contributed by atoms with Crippen molar-refractivity contribution < 1.29 is 19.1 Å². The summed E-state index contributed by atoms with van der Waals surface area (Å²) in [5, 5.41) is 0. The van der Waals surface area contributed by atoms with Crippen LogP contribution < -0.4 is 9.64 Å². The van der Waals surface area contributed by atoms with Gasteiger partial charge in [-0.25, -0.2) is 0 Å². The molecule has 0 aliphatic carbocycles. The van der Waals surface area contributed by atoms with E-state index in [9.17, 15) is 9.59 Å². The number of methoxy groups -OCH3 is 2. The van der Waals surface area contributed by atoms with Gasteiger partial charge in [-0.2, -0.15) is 0 Å². The Labute approximate surface area is 153 Å². The highest BCUT2D eigenvalue weighted by Crippen LogP contribution is 2.26. The highest BCUT2D eigenvalue weighted by atomic mass is 16.5. The lowest BCUT2D eigenvalue weighted by Gasteiger charge is -2.17. The summed E-state index contributed by atoms with van der Waals surface area (Å²) >= 11 is 0. The molecule has 2 aromatic rings. The second-order valence-corrected chi connectivity index (χ2v) is 6.45. The van der Waals surface area contributed by atoms with Crippen molar-refractivity contribution in [2.45, 2.75) is 19.3 Å². The van der Waals surface area contributed by atoms with Gasteiger partial charge in [0.1, 0.15) is 5.75 Å². The molecule has 1 aliphatic rings. The smallest absolute Gasteiger partial charge is 0.311 e. The summed E-state index contributed by atoms with van der Waals surface area (Å²) < 4.78 is 10.0. The third-order valence-corrected chi connectivity index (χ3v) is 4.74. The van der Waals surface area contributed by atoms with Crippen LogP contribution in [0.15, 0.2) is 48.5 Å². The number of hydrogen-bond acceptors (Lipinski definition) is 4. The Morgan fingerprint density at radius 2 is 1.81 bits per heavy atom. The largest absolute Gasteiger partial charge is 0.497 e. The Hall–Kier alpha value is -2.82. The molecule has 0 spiro atoms. The van der Waals surface area contributed by atoms with Crippen LogP contribution in [0.2, 0.25) is 0 Å². The minimum atomic E-state index is -0.375. The summed E-state index contributed by atoms with van der Waals surface area (Å²) in [5.74, 6) is 0.131. The number of carbonyl (C=O) groups excluding carboxylic acids is 2. The molecule has 5 nitrogen and oxygen atoms in total. The predicted octanol–water partition coefficient (Wildman–Crippen LogP) is 3.01. The molecule has 0 aromatic heterocycles. The molecule has 1 amide bonds. The van der Waals surface area contributed by atoms with Crippen molar-refractivity contribution in [1.29, 1.82) is 0 Å². The Morgan fingerprint density at radius 3 is 2.50 bits per heavy atom. The lowest BCUT2D eigenvalue weighted by Crippen LogP contribution is -2.26. The third kappa shape index (κ3) is 4.04. The molecule has 0 saturated carbocycles. The average Bonchev–Trinajstić information content (AvgIpc) is 3.08. The fraction of sp³-hybridized carbons (Fsp3) is 0.333. The number of carbonyl (C=O) groups is 2. The zero-order valence-electron chi connectivity index (χ0n) is 15.1. The quantitative estimate of drug-likeness (QED) is 0.749. The second-order valence-electron chi connectivity index (χ2n) is 6.45. The van der Waals surface area contributed by atoms with Crippen molar-refractivity contribution in [3.63, 3.8) is 0 Å². The summed E-state index contributed by atoms with van der Waals surface area (Å²) in [6, 6.07) is 16.0. The van der Waals surface area contributed by atoms with Gasteiger partial charge >= 0.3 is 5.97 Å². The SMILES string of the molecule is COC(=O)C1CC(=O)N(c2ccc(CCc3cccc(OC)c3)cc2)C1. The monoisotopic (exact) mass is 353 g/mol. The molecule has 0 bridgehead atoms. The van der Waals surface area contributed by atoms with E-state index < -0.39 is 0 Å². The maximum absolute atomic E-state index is 12.2. The molecule has 5 heteroatoms. The van der Waals surface area contributed by atoms with Gasteiger partial charge in [-0.05, 0) is 48.2 Å². The highest BCUT2D eigenvalue weighted by Gasteiger charge is 2.35.